The summed E-state index contributed by atoms with van der Waals surface area (Å²) in [7, 11) is 0. The third-order valence-corrected chi connectivity index (χ3v) is 6.45. The number of halogens is 1. The Labute approximate surface area is 192 Å². The lowest BCUT2D eigenvalue weighted by atomic mass is 9.69. The molecule has 0 saturated carbocycles. The number of allylic oxidation sites excluding steroid dienone is 1. The first-order chi connectivity index (χ1) is 14.3. The zero-order valence-corrected chi connectivity index (χ0v) is 20.7. The minimum atomic E-state index is -0.832. The Morgan fingerprint density at radius 2 is 1.97 bits per heavy atom. The number of aliphatic carboxylic acids is 1. The maximum absolute atomic E-state index is 13.0. The number of carboxylic acids is 1. The summed E-state index contributed by atoms with van der Waals surface area (Å²) in [4.78, 5) is 25.5. The van der Waals surface area contributed by atoms with E-state index in [4.69, 9.17) is 16.7 Å². The molecule has 1 heterocycles. The van der Waals surface area contributed by atoms with E-state index < -0.39 is 11.4 Å². The summed E-state index contributed by atoms with van der Waals surface area (Å²) in [6.07, 6.45) is 5.74. The van der Waals surface area contributed by atoms with Crippen LogP contribution in [0.1, 0.15) is 84.8 Å². The van der Waals surface area contributed by atoms with Crippen molar-refractivity contribution in [2.24, 2.45) is 11.3 Å². The monoisotopic (exact) mass is 447 g/mol. The number of hydrogen-bond acceptors (Lipinski definition) is 2. The fraction of sp³-hybridized carbons (Fsp3) is 0.615. The van der Waals surface area contributed by atoms with Crippen molar-refractivity contribution < 1.29 is 14.7 Å². The van der Waals surface area contributed by atoms with Gasteiger partial charge in [-0.1, -0.05) is 65.3 Å². The Bertz CT molecular complexity index is 838. The second-order valence-electron chi connectivity index (χ2n) is 10.7. The van der Waals surface area contributed by atoms with E-state index in [1.165, 1.54) is 5.57 Å². The van der Waals surface area contributed by atoms with Crippen LogP contribution in [0.3, 0.4) is 0 Å². The Morgan fingerprint density at radius 1 is 1.29 bits per heavy atom. The molecule has 1 N–H and O–H groups in total. The quantitative estimate of drug-likeness (QED) is 0.463. The van der Waals surface area contributed by atoms with Gasteiger partial charge in [0.15, 0.2) is 0 Å². The highest BCUT2D eigenvalue weighted by atomic mass is 35.5. The Balaban J connectivity index is 2.32. The van der Waals surface area contributed by atoms with Crippen LogP contribution in [0.25, 0.3) is 0 Å². The van der Waals surface area contributed by atoms with Crippen molar-refractivity contribution in [1.82, 2.24) is 4.90 Å². The van der Waals surface area contributed by atoms with E-state index in [0.29, 0.717) is 25.3 Å². The summed E-state index contributed by atoms with van der Waals surface area (Å²) in [5.41, 5.74) is 3.27. The molecule has 0 fully saturated rings. The summed E-state index contributed by atoms with van der Waals surface area (Å²) in [6.45, 7) is 13.6. The van der Waals surface area contributed by atoms with Crippen LogP contribution in [0.5, 0.6) is 0 Å². The van der Waals surface area contributed by atoms with Crippen molar-refractivity contribution in [3.05, 3.63) is 46.1 Å². The van der Waals surface area contributed by atoms with E-state index >= 15 is 0 Å². The normalized spacial score (nSPS) is 19.7. The molecular weight excluding hydrogens is 410 g/mol. The van der Waals surface area contributed by atoms with Gasteiger partial charge >= 0.3 is 5.97 Å². The first-order valence-electron chi connectivity index (χ1n) is 11.3. The molecule has 1 atom stereocenters. The highest BCUT2D eigenvalue weighted by Gasteiger charge is 2.39. The molecule has 4 nitrogen and oxygen atoms in total. The molecule has 1 amide bonds. The van der Waals surface area contributed by atoms with Crippen molar-refractivity contribution in [1.29, 1.82) is 0 Å². The van der Waals surface area contributed by atoms with Crippen molar-refractivity contribution in [2.75, 3.05) is 6.54 Å². The third kappa shape index (κ3) is 7.10. The molecule has 1 aromatic rings. The first kappa shape index (κ1) is 25.5. The fourth-order valence-electron chi connectivity index (χ4n) is 4.12. The second kappa shape index (κ2) is 10.2. The number of carboxylic acid groups (broad SMARTS) is 1. The first-order valence-corrected chi connectivity index (χ1v) is 11.7. The van der Waals surface area contributed by atoms with Gasteiger partial charge in [-0.05, 0) is 59.8 Å². The number of hydrogen-bond donors (Lipinski definition) is 1. The number of rotatable bonds is 9. The van der Waals surface area contributed by atoms with E-state index in [0.717, 1.165) is 35.4 Å². The van der Waals surface area contributed by atoms with Crippen LogP contribution in [0.2, 0.25) is 5.02 Å². The van der Waals surface area contributed by atoms with Crippen molar-refractivity contribution >= 4 is 23.5 Å². The average Bonchev–Trinajstić information content (AvgIpc) is 2.63. The largest absolute Gasteiger partial charge is 0.481 e. The van der Waals surface area contributed by atoms with Crippen LogP contribution in [0.15, 0.2) is 30.0 Å². The number of amides is 1. The second-order valence-corrected chi connectivity index (χ2v) is 11.1. The molecule has 0 radical (unpaired) electrons. The van der Waals surface area contributed by atoms with Gasteiger partial charge in [0.2, 0.25) is 5.91 Å². The molecule has 0 aromatic heterocycles. The highest BCUT2D eigenvalue weighted by molar-refractivity contribution is 6.31. The summed E-state index contributed by atoms with van der Waals surface area (Å²) in [5, 5.41) is 9.68. The van der Waals surface area contributed by atoms with Crippen LogP contribution in [0, 0.1) is 11.3 Å². The molecule has 0 bridgehead atoms. The maximum Gasteiger partial charge on any atom is 0.303 e. The van der Waals surface area contributed by atoms with Gasteiger partial charge in [-0.25, -0.2) is 0 Å². The van der Waals surface area contributed by atoms with Crippen LogP contribution in [-0.4, -0.2) is 28.4 Å². The van der Waals surface area contributed by atoms with E-state index in [-0.39, 0.29) is 17.7 Å². The number of carbonyl (C=O) groups is 2. The highest BCUT2D eigenvalue weighted by Crippen LogP contribution is 2.43. The van der Waals surface area contributed by atoms with Crippen LogP contribution < -0.4 is 0 Å². The van der Waals surface area contributed by atoms with Crippen molar-refractivity contribution in [3.8, 4) is 0 Å². The zero-order valence-electron chi connectivity index (χ0n) is 19.9. The minimum Gasteiger partial charge on any atom is -0.481 e. The predicted octanol–water partition coefficient (Wildman–Crippen LogP) is 6.60. The molecule has 1 aromatic carbocycles. The fourth-order valence-corrected chi connectivity index (χ4v) is 4.39. The Morgan fingerprint density at radius 3 is 2.52 bits per heavy atom. The molecule has 2 rings (SSSR count). The number of benzene rings is 1. The molecule has 0 unspecified atom stereocenters. The summed E-state index contributed by atoms with van der Waals surface area (Å²) >= 11 is 6.69. The van der Waals surface area contributed by atoms with Gasteiger partial charge in [0.1, 0.15) is 0 Å². The molecule has 5 heteroatoms. The van der Waals surface area contributed by atoms with Gasteiger partial charge in [0.05, 0.1) is 0 Å². The summed E-state index contributed by atoms with van der Waals surface area (Å²) < 4.78 is 0. The smallest absolute Gasteiger partial charge is 0.303 e. The molecule has 1 aliphatic rings. The Kier molecular flexibility index (Phi) is 8.38. The van der Waals surface area contributed by atoms with E-state index in [2.05, 4.69) is 53.7 Å². The average molecular weight is 448 g/mol. The number of aryl methyl sites for hydroxylation is 1. The van der Waals surface area contributed by atoms with Crippen LogP contribution >= 0.6 is 11.6 Å². The van der Waals surface area contributed by atoms with E-state index in [1.54, 1.807) is 4.90 Å². The van der Waals surface area contributed by atoms with Crippen molar-refractivity contribution in [3.63, 3.8) is 0 Å². The van der Waals surface area contributed by atoms with Gasteiger partial charge in [-0.15, -0.1) is 0 Å². The maximum atomic E-state index is 13.0. The SMILES string of the molecule is CC(C)CC1=CN(CCCC(=O)O)C(=O)C[C@]1(C)c1ccc(CCC(C)(C)C)c(Cl)c1. The third-order valence-electron chi connectivity index (χ3n) is 6.10. The van der Waals surface area contributed by atoms with Crippen LogP contribution in [0.4, 0.5) is 0 Å². The molecule has 1 aliphatic heterocycles. The van der Waals surface area contributed by atoms with Gasteiger partial charge in [-0.3, -0.25) is 9.59 Å². The molecule has 0 saturated heterocycles. The molecular formula is C26H38ClNO3. The molecule has 0 spiro atoms. The molecule has 0 aliphatic carbocycles. The summed E-state index contributed by atoms with van der Waals surface area (Å²) in [6, 6.07) is 6.29. The predicted molar refractivity (Wildman–Crippen MR) is 127 cm³/mol. The lowest BCUT2D eigenvalue weighted by Gasteiger charge is -2.40. The topological polar surface area (TPSA) is 57.6 Å². The zero-order chi connectivity index (χ0) is 23.4. The van der Waals surface area contributed by atoms with Gasteiger partial charge in [-0.2, -0.15) is 0 Å². The lowest BCUT2D eigenvalue weighted by Crippen LogP contribution is -2.41. The van der Waals surface area contributed by atoms with E-state index in [1.807, 2.05) is 12.3 Å². The number of nitrogens with zero attached hydrogens (tertiary/aromatic N) is 1. The molecule has 31 heavy (non-hydrogen) atoms. The summed E-state index contributed by atoms with van der Waals surface area (Å²) in [5.74, 6) is -0.351. The van der Waals surface area contributed by atoms with Crippen LogP contribution in [-0.2, 0) is 21.4 Å². The standard InChI is InChI=1S/C26H38ClNO3/c1-18(2)14-21-17-28(13-7-8-24(30)31)23(29)16-26(21,6)20-10-9-19(22(27)15-20)11-12-25(3,4)5/h9-10,15,17-18H,7-8,11-14,16H2,1-6H3,(H,30,31)/t26-/m1/s1. The van der Waals surface area contributed by atoms with Gasteiger partial charge in [0.25, 0.3) is 0 Å². The van der Waals surface area contributed by atoms with Gasteiger partial charge in [0, 0.05) is 36.0 Å². The minimum absolute atomic E-state index is 0.0355. The van der Waals surface area contributed by atoms with Crippen molar-refractivity contribution in [2.45, 2.75) is 85.5 Å². The van der Waals surface area contributed by atoms with Gasteiger partial charge < -0.3 is 10.0 Å². The molecule has 172 valence electrons. The Hall–Kier alpha value is -1.81. The number of carbonyl (C=O) groups excluding carboxylic acids is 1. The van der Waals surface area contributed by atoms with E-state index in [9.17, 15) is 9.59 Å². The lowest BCUT2D eigenvalue weighted by molar-refractivity contribution is -0.138.